The summed E-state index contributed by atoms with van der Waals surface area (Å²) in [6.07, 6.45) is 2.62. The van der Waals surface area contributed by atoms with Crippen molar-refractivity contribution in [3.8, 4) is 6.07 Å². The minimum absolute atomic E-state index is 0.0250. The van der Waals surface area contributed by atoms with Crippen molar-refractivity contribution < 1.29 is 9.90 Å². The van der Waals surface area contributed by atoms with Gasteiger partial charge in [-0.05, 0) is 43.4 Å². The normalized spacial score (nSPS) is 17.3. The molecule has 1 aliphatic rings. The maximum Gasteiger partial charge on any atom is 0.198 e. The summed E-state index contributed by atoms with van der Waals surface area (Å²) >= 11 is 0. The maximum absolute atomic E-state index is 12.4. The first kappa shape index (κ1) is 21.2. The molecule has 2 N–H and O–H groups in total. The van der Waals surface area contributed by atoms with Crippen molar-refractivity contribution in [2.75, 3.05) is 19.6 Å². The molecule has 0 spiro atoms. The summed E-state index contributed by atoms with van der Waals surface area (Å²) in [6, 6.07) is 20.1. The number of nitrogens with zero attached hydrogens (tertiary/aromatic N) is 3. The zero-order chi connectivity index (χ0) is 21.7. The molecule has 1 aromatic heterocycles. The number of rotatable bonds is 8. The van der Waals surface area contributed by atoms with Crippen LogP contribution in [-0.4, -0.2) is 51.5 Å². The fraction of sp³-hybridized carbons (Fsp3) is 0.400. The number of piperidine rings is 1. The monoisotopic (exact) mass is 416 g/mol. The van der Waals surface area contributed by atoms with E-state index in [1.54, 1.807) is 0 Å². The van der Waals surface area contributed by atoms with E-state index in [-0.39, 0.29) is 5.78 Å². The average Bonchev–Trinajstić information content (AvgIpc) is 3.25. The summed E-state index contributed by atoms with van der Waals surface area (Å²) in [7, 11) is 0. The van der Waals surface area contributed by atoms with Gasteiger partial charge in [0, 0.05) is 26.1 Å². The third-order valence-electron chi connectivity index (χ3n) is 6.31. The lowest BCUT2D eigenvalue weighted by Crippen LogP contribution is -2.44. The van der Waals surface area contributed by atoms with E-state index in [4.69, 9.17) is 0 Å². The molecule has 6 heteroatoms. The number of para-hydroxylation sites is 2. The smallest absolute Gasteiger partial charge is 0.198 e. The Balaban J connectivity index is 1.22. The van der Waals surface area contributed by atoms with Gasteiger partial charge in [0.15, 0.2) is 11.6 Å². The van der Waals surface area contributed by atoms with E-state index in [9.17, 15) is 15.2 Å². The molecule has 160 valence electrons. The van der Waals surface area contributed by atoms with Crippen molar-refractivity contribution in [2.24, 2.45) is 0 Å². The summed E-state index contributed by atoms with van der Waals surface area (Å²) in [4.78, 5) is 22.1. The van der Waals surface area contributed by atoms with E-state index in [0.29, 0.717) is 31.6 Å². The fourth-order valence-corrected chi connectivity index (χ4v) is 4.43. The Hall–Kier alpha value is -3.01. The van der Waals surface area contributed by atoms with Gasteiger partial charge in [0.05, 0.1) is 28.6 Å². The summed E-state index contributed by atoms with van der Waals surface area (Å²) in [5.41, 5.74) is 2.31. The number of likely N-dealkylation sites (tertiary alicyclic amines) is 1. The number of hydrogen-bond donors (Lipinski definition) is 2. The van der Waals surface area contributed by atoms with Gasteiger partial charge in [0.2, 0.25) is 0 Å². The standard InChI is InChI=1S/C25H28N4O2/c26-18-25(19-7-2-1-3-8-19)13-15-29(16-14-25)17-20(30)9-6-12-23(31)24-27-21-10-4-5-11-22(21)28-24/h1-5,7-8,10-11,20,30H,6,9,12-17H2,(H,27,28). The van der Waals surface area contributed by atoms with Crippen LogP contribution >= 0.6 is 0 Å². The topological polar surface area (TPSA) is 93.0 Å². The van der Waals surface area contributed by atoms with Crippen molar-refractivity contribution in [3.63, 3.8) is 0 Å². The van der Waals surface area contributed by atoms with Crippen LogP contribution in [0.1, 0.15) is 48.3 Å². The number of benzene rings is 2. The van der Waals surface area contributed by atoms with Crippen LogP contribution in [0.25, 0.3) is 11.0 Å². The van der Waals surface area contributed by atoms with Crippen LogP contribution in [0.4, 0.5) is 0 Å². The fourth-order valence-electron chi connectivity index (χ4n) is 4.43. The molecule has 1 unspecified atom stereocenters. The van der Waals surface area contributed by atoms with Crippen LogP contribution in [0.5, 0.6) is 0 Å². The van der Waals surface area contributed by atoms with Gasteiger partial charge in [0.1, 0.15) is 0 Å². The summed E-state index contributed by atoms with van der Waals surface area (Å²) < 4.78 is 0. The van der Waals surface area contributed by atoms with Gasteiger partial charge in [-0.25, -0.2) is 4.98 Å². The van der Waals surface area contributed by atoms with Gasteiger partial charge in [-0.3, -0.25) is 4.79 Å². The lowest BCUT2D eigenvalue weighted by Gasteiger charge is -2.38. The zero-order valence-corrected chi connectivity index (χ0v) is 17.6. The Labute approximate surface area is 182 Å². The molecule has 3 aromatic rings. The van der Waals surface area contributed by atoms with Crippen LogP contribution < -0.4 is 0 Å². The van der Waals surface area contributed by atoms with Crippen molar-refractivity contribution in [2.45, 2.75) is 43.6 Å². The van der Waals surface area contributed by atoms with Gasteiger partial charge < -0.3 is 15.0 Å². The lowest BCUT2D eigenvalue weighted by molar-refractivity contribution is 0.0804. The van der Waals surface area contributed by atoms with Crippen molar-refractivity contribution in [1.82, 2.24) is 14.9 Å². The lowest BCUT2D eigenvalue weighted by atomic mass is 9.74. The Morgan fingerprint density at radius 3 is 2.58 bits per heavy atom. The molecule has 0 radical (unpaired) electrons. The molecule has 0 saturated carbocycles. The van der Waals surface area contributed by atoms with E-state index < -0.39 is 11.5 Å². The average molecular weight is 417 g/mol. The van der Waals surface area contributed by atoms with Gasteiger partial charge >= 0.3 is 0 Å². The number of ketones is 1. The molecule has 0 bridgehead atoms. The molecular weight excluding hydrogens is 388 g/mol. The predicted molar refractivity (Wildman–Crippen MR) is 120 cm³/mol. The second-order valence-electron chi connectivity index (χ2n) is 8.43. The number of H-pyrrole nitrogens is 1. The molecule has 1 aliphatic heterocycles. The number of hydrogen-bond acceptors (Lipinski definition) is 5. The molecule has 1 atom stereocenters. The number of aliphatic hydroxyl groups is 1. The summed E-state index contributed by atoms with van der Waals surface area (Å²) in [5.74, 6) is 0.364. The van der Waals surface area contributed by atoms with Crippen LogP contribution in [0.2, 0.25) is 0 Å². The highest BCUT2D eigenvalue weighted by Crippen LogP contribution is 2.34. The van der Waals surface area contributed by atoms with Gasteiger partial charge in [-0.15, -0.1) is 0 Å². The first-order valence-electron chi connectivity index (χ1n) is 10.9. The SMILES string of the molecule is N#CC1(c2ccccc2)CCN(CC(O)CCCC(=O)c2nc3ccccc3[nH]2)CC1. The molecule has 0 aliphatic carbocycles. The Bertz CT molecular complexity index is 1030. The second kappa shape index (κ2) is 9.42. The number of aliphatic hydroxyl groups excluding tert-OH is 1. The minimum Gasteiger partial charge on any atom is -0.392 e. The first-order valence-corrected chi connectivity index (χ1v) is 10.9. The molecule has 4 rings (SSSR count). The Morgan fingerprint density at radius 2 is 1.87 bits per heavy atom. The number of nitriles is 1. The first-order chi connectivity index (χ1) is 15.1. The van der Waals surface area contributed by atoms with Crippen molar-refractivity contribution >= 4 is 16.8 Å². The van der Waals surface area contributed by atoms with Crippen molar-refractivity contribution in [1.29, 1.82) is 5.26 Å². The molecule has 1 saturated heterocycles. The number of carbonyl (C=O) groups excluding carboxylic acids is 1. The minimum atomic E-state index is -0.477. The van der Waals surface area contributed by atoms with Crippen LogP contribution in [-0.2, 0) is 5.41 Å². The summed E-state index contributed by atoms with van der Waals surface area (Å²) in [5, 5.41) is 20.3. The highest BCUT2D eigenvalue weighted by Gasteiger charge is 2.36. The number of fused-ring (bicyclic) bond motifs is 1. The van der Waals surface area contributed by atoms with Crippen molar-refractivity contribution in [3.05, 3.63) is 66.0 Å². The highest BCUT2D eigenvalue weighted by atomic mass is 16.3. The molecular formula is C25H28N4O2. The molecule has 0 amide bonds. The number of Topliss-reactive ketones (excluding diaryl/α,β-unsaturated/α-hetero) is 1. The molecule has 1 fully saturated rings. The zero-order valence-electron chi connectivity index (χ0n) is 17.6. The molecule has 6 nitrogen and oxygen atoms in total. The van der Waals surface area contributed by atoms with Crippen LogP contribution in [0, 0.1) is 11.3 Å². The number of imidazole rings is 1. The van der Waals surface area contributed by atoms with Crippen LogP contribution in [0.3, 0.4) is 0 Å². The Kier molecular flexibility index (Phi) is 6.45. The third kappa shape index (κ3) is 4.84. The number of nitrogens with one attached hydrogen (secondary N) is 1. The third-order valence-corrected chi connectivity index (χ3v) is 6.31. The van der Waals surface area contributed by atoms with E-state index in [2.05, 4.69) is 20.9 Å². The predicted octanol–water partition coefficient (Wildman–Crippen LogP) is 3.83. The maximum atomic E-state index is 12.4. The number of aromatic nitrogens is 2. The Morgan fingerprint density at radius 1 is 1.16 bits per heavy atom. The van der Waals surface area contributed by atoms with E-state index >= 15 is 0 Å². The molecule has 2 heterocycles. The molecule has 2 aromatic carbocycles. The van der Waals surface area contributed by atoms with Gasteiger partial charge in [0.25, 0.3) is 0 Å². The van der Waals surface area contributed by atoms with Gasteiger partial charge in [-0.2, -0.15) is 5.26 Å². The van der Waals surface area contributed by atoms with E-state index in [0.717, 1.165) is 42.5 Å². The van der Waals surface area contributed by atoms with Gasteiger partial charge in [-0.1, -0.05) is 42.5 Å². The van der Waals surface area contributed by atoms with Crippen LogP contribution in [0.15, 0.2) is 54.6 Å². The summed E-state index contributed by atoms with van der Waals surface area (Å²) in [6.45, 7) is 2.16. The second-order valence-corrected chi connectivity index (χ2v) is 8.43. The number of carbonyl (C=O) groups is 1. The highest BCUT2D eigenvalue weighted by molar-refractivity contribution is 5.95. The van der Waals surface area contributed by atoms with E-state index in [1.165, 1.54) is 0 Å². The quantitative estimate of drug-likeness (QED) is 0.544. The number of aromatic amines is 1. The molecule has 31 heavy (non-hydrogen) atoms. The largest absolute Gasteiger partial charge is 0.392 e. The van der Waals surface area contributed by atoms with E-state index in [1.807, 2.05) is 54.6 Å². The number of β-amino-alcohol motifs (C(OH)–C–C–N with tert-alkyl or cyclic N) is 1.